The molecule has 12 heteroatoms. The molecule has 4 atom stereocenters. The van der Waals surface area contributed by atoms with Gasteiger partial charge in [0.2, 0.25) is 5.82 Å². The summed E-state index contributed by atoms with van der Waals surface area (Å²) in [6, 6.07) is 0. The first-order valence-corrected chi connectivity index (χ1v) is 8.28. The molecule has 1 N–H and O–H groups in total. The molecule has 0 aliphatic carbocycles. The van der Waals surface area contributed by atoms with Crippen molar-refractivity contribution in [2.24, 2.45) is 0 Å². The van der Waals surface area contributed by atoms with E-state index in [0.29, 0.717) is 10.8 Å². The first-order valence-electron chi connectivity index (χ1n) is 7.30. The van der Waals surface area contributed by atoms with Gasteiger partial charge in [-0.15, -0.1) is 23.2 Å². The van der Waals surface area contributed by atoms with Crippen molar-refractivity contribution in [1.29, 1.82) is 0 Å². The van der Waals surface area contributed by atoms with Crippen LogP contribution in [0.15, 0.2) is 15.8 Å². The molecule has 1 saturated heterocycles. The standard InChI is InChI=1S/C14H15Cl2FN2O7/c1-6(20)24-5-14(4-15)10(25-7(2)21)9(16)12(26-14)19-3-8(17)11(22)18-13(19)23/h3,9-10,12H,4-5H2,1-2H3,(H,18,22,23)/t9-,10+,12-,14+/m1/s1. The minimum Gasteiger partial charge on any atom is -0.463 e. The summed E-state index contributed by atoms with van der Waals surface area (Å²) in [5.74, 6) is -2.94. The van der Waals surface area contributed by atoms with Crippen LogP contribution in [0.1, 0.15) is 20.1 Å². The molecule has 0 unspecified atom stereocenters. The molecule has 0 spiro atoms. The summed E-state index contributed by atoms with van der Waals surface area (Å²) < 4.78 is 30.1. The summed E-state index contributed by atoms with van der Waals surface area (Å²) in [5.41, 5.74) is -3.79. The van der Waals surface area contributed by atoms with Crippen LogP contribution in [-0.2, 0) is 23.8 Å². The predicted molar refractivity (Wildman–Crippen MR) is 86.7 cm³/mol. The minimum absolute atomic E-state index is 0.321. The van der Waals surface area contributed by atoms with Crippen LogP contribution in [-0.4, -0.2) is 51.1 Å². The molecule has 1 fully saturated rings. The van der Waals surface area contributed by atoms with Crippen LogP contribution < -0.4 is 11.2 Å². The molecule has 1 aliphatic rings. The number of halogens is 3. The number of hydrogen-bond donors (Lipinski definition) is 1. The second kappa shape index (κ2) is 7.77. The van der Waals surface area contributed by atoms with Gasteiger partial charge < -0.3 is 14.2 Å². The van der Waals surface area contributed by atoms with Gasteiger partial charge in [-0.05, 0) is 0 Å². The van der Waals surface area contributed by atoms with Crippen LogP contribution in [0.5, 0.6) is 0 Å². The van der Waals surface area contributed by atoms with Gasteiger partial charge in [-0.3, -0.25) is 23.9 Å². The van der Waals surface area contributed by atoms with Crippen molar-refractivity contribution in [2.45, 2.75) is 37.2 Å². The van der Waals surface area contributed by atoms with E-state index in [1.54, 1.807) is 4.98 Å². The normalized spacial score (nSPS) is 28.0. The molecule has 26 heavy (non-hydrogen) atoms. The van der Waals surface area contributed by atoms with Gasteiger partial charge in [0.1, 0.15) is 12.0 Å². The maximum absolute atomic E-state index is 13.6. The fraction of sp³-hybridized carbons (Fsp3) is 0.571. The Balaban J connectivity index is 2.49. The number of nitrogens with one attached hydrogen (secondary N) is 1. The SMILES string of the molecule is CC(=O)OC[C@]1(CCl)O[C@@H](n2cc(F)c(=O)[nH]c2=O)[C@H](Cl)[C@@H]1OC(C)=O. The summed E-state index contributed by atoms with van der Waals surface area (Å²) in [6.45, 7) is 1.84. The van der Waals surface area contributed by atoms with E-state index < -0.39 is 58.9 Å². The number of esters is 2. The number of aromatic nitrogens is 2. The molecular weight excluding hydrogens is 398 g/mol. The van der Waals surface area contributed by atoms with Gasteiger partial charge in [0.05, 0.1) is 12.1 Å². The van der Waals surface area contributed by atoms with E-state index in [2.05, 4.69) is 0 Å². The Morgan fingerprint density at radius 2 is 2.04 bits per heavy atom. The number of aromatic amines is 1. The summed E-state index contributed by atoms with van der Waals surface area (Å²) in [7, 11) is 0. The van der Waals surface area contributed by atoms with Crippen molar-refractivity contribution >= 4 is 35.1 Å². The van der Waals surface area contributed by atoms with E-state index in [-0.39, 0.29) is 5.88 Å². The number of H-pyrrole nitrogens is 1. The Hall–Kier alpha value is -1.91. The molecule has 0 saturated carbocycles. The van der Waals surface area contributed by atoms with E-state index in [1.165, 1.54) is 0 Å². The Morgan fingerprint density at radius 1 is 1.38 bits per heavy atom. The molecule has 0 amide bonds. The Morgan fingerprint density at radius 3 is 2.58 bits per heavy atom. The highest BCUT2D eigenvalue weighted by atomic mass is 35.5. The van der Waals surface area contributed by atoms with Crippen LogP contribution in [0.2, 0.25) is 0 Å². The fourth-order valence-corrected chi connectivity index (χ4v) is 3.26. The minimum atomic E-state index is -1.58. The lowest BCUT2D eigenvalue weighted by molar-refractivity contribution is -0.171. The lowest BCUT2D eigenvalue weighted by Crippen LogP contribution is -2.50. The van der Waals surface area contributed by atoms with Crippen molar-refractivity contribution in [3.63, 3.8) is 0 Å². The van der Waals surface area contributed by atoms with Gasteiger partial charge in [0.25, 0.3) is 5.56 Å². The number of rotatable bonds is 5. The Bertz CT molecular complexity index is 826. The van der Waals surface area contributed by atoms with Crippen LogP contribution in [0, 0.1) is 5.82 Å². The predicted octanol–water partition coefficient (Wildman–Crippen LogP) is 0.284. The molecule has 0 aromatic carbocycles. The number of carbonyl (C=O) groups is 2. The maximum Gasteiger partial charge on any atom is 0.330 e. The quantitative estimate of drug-likeness (QED) is 0.545. The van der Waals surface area contributed by atoms with Crippen LogP contribution >= 0.6 is 23.2 Å². The first kappa shape index (κ1) is 20.4. The van der Waals surface area contributed by atoms with Crippen LogP contribution in [0.3, 0.4) is 0 Å². The molecule has 1 aromatic heterocycles. The topological polar surface area (TPSA) is 117 Å². The molecule has 1 aromatic rings. The summed E-state index contributed by atoms with van der Waals surface area (Å²) >= 11 is 12.2. The summed E-state index contributed by atoms with van der Waals surface area (Å²) in [5, 5.41) is -1.20. The third kappa shape index (κ3) is 3.92. The zero-order valence-electron chi connectivity index (χ0n) is 13.7. The average Bonchev–Trinajstić information content (AvgIpc) is 2.82. The third-order valence-corrected chi connectivity index (χ3v) is 4.57. The molecule has 2 heterocycles. The number of alkyl halides is 2. The summed E-state index contributed by atoms with van der Waals surface area (Å²) in [6.07, 6.45) is -1.96. The third-order valence-electron chi connectivity index (χ3n) is 3.67. The number of ether oxygens (including phenoxy) is 3. The van der Waals surface area contributed by atoms with E-state index in [9.17, 15) is 23.6 Å². The van der Waals surface area contributed by atoms with E-state index in [1.807, 2.05) is 0 Å². The maximum atomic E-state index is 13.6. The highest BCUT2D eigenvalue weighted by Crippen LogP contribution is 2.42. The zero-order chi connectivity index (χ0) is 19.6. The number of nitrogens with zero attached hydrogens (tertiary/aromatic N) is 1. The molecule has 0 radical (unpaired) electrons. The van der Waals surface area contributed by atoms with E-state index >= 15 is 0 Å². The lowest BCUT2D eigenvalue weighted by Gasteiger charge is -2.31. The zero-order valence-corrected chi connectivity index (χ0v) is 15.2. The van der Waals surface area contributed by atoms with Crippen molar-refractivity contribution in [3.8, 4) is 0 Å². The smallest absolute Gasteiger partial charge is 0.330 e. The number of carbonyl (C=O) groups excluding carboxylic acids is 2. The van der Waals surface area contributed by atoms with Gasteiger partial charge in [-0.2, -0.15) is 4.39 Å². The van der Waals surface area contributed by atoms with E-state index in [4.69, 9.17) is 37.4 Å². The molecule has 144 valence electrons. The molecular formula is C14H15Cl2FN2O7. The van der Waals surface area contributed by atoms with Crippen LogP contribution in [0.25, 0.3) is 0 Å². The van der Waals surface area contributed by atoms with Crippen molar-refractivity contribution in [1.82, 2.24) is 9.55 Å². The van der Waals surface area contributed by atoms with Crippen molar-refractivity contribution in [2.75, 3.05) is 12.5 Å². The average molecular weight is 413 g/mol. The largest absolute Gasteiger partial charge is 0.463 e. The molecule has 0 bridgehead atoms. The van der Waals surface area contributed by atoms with Gasteiger partial charge in [-0.1, -0.05) is 0 Å². The Labute approximate surface area is 155 Å². The van der Waals surface area contributed by atoms with Gasteiger partial charge >= 0.3 is 17.6 Å². The van der Waals surface area contributed by atoms with Crippen molar-refractivity contribution in [3.05, 3.63) is 32.9 Å². The van der Waals surface area contributed by atoms with Gasteiger partial charge in [0.15, 0.2) is 17.9 Å². The van der Waals surface area contributed by atoms with Gasteiger partial charge in [0, 0.05) is 13.8 Å². The highest BCUT2D eigenvalue weighted by Gasteiger charge is 2.58. The van der Waals surface area contributed by atoms with Crippen LogP contribution in [0.4, 0.5) is 4.39 Å². The second-order valence-corrected chi connectivity index (χ2v) is 6.38. The van der Waals surface area contributed by atoms with Crippen molar-refractivity contribution < 1.29 is 28.2 Å². The van der Waals surface area contributed by atoms with E-state index in [0.717, 1.165) is 13.8 Å². The Kier molecular flexibility index (Phi) is 6.09. The molecule has 2 rings (SSSR count). The molecule has 9 nitrogen and oxygen atoms in total. The lowest BCUT2D eigenvalue weighted by atomic mass is 9.99. The first-order chi connectivity index (χ1) is 12.1. The monoisotopic (exact) mass is 412 g/mol. The second-order valence-electron chi connectivity index (χ2n) is 5.61. The van der Waals surface area contributed by atoms with Gasteiger partial charge in [-0.25, -0.2) is 4.79 Å². The number of hydrogen-bond acceptors (Lipinski definition) is 7. The fourth-order valence-electron chi connectivity index (χ4n) is 2.51. The highest BCUT2D eigenvalue weighted by molar-refractivity contribution is 6.22. The molecule has 1 aliphatic heterocycles. The summed E-state index contributed by atoms with van der Waals surface area (Å²) in [4.78, 5) is 47.5.